The van der Waals surface area contributed by atoms with E-state index in [2.05, 4.69) is 41.4 Å². The maximum absolute atomic E-state index is 5.57. The first-order valence-electron chi connectivity index (χ1n) is 7.60. The summed E-state index contributed by atoms with van der Waals surface area (Å²) in [5.41, 5.74) is 0.847. The number of imidazole rings is 1. The molecule has 0 atom stereocenters. The van der Waals surface area contributed by atoms with Crippen molar-refractivity contribution >= 4 is 17.3 Å². The van der Waals surface area contributed by atoms with Gasteiger partial charge in [0.15, 0.2) is 11.5 Å². The minimum Gasteiger partial charge on any atom is -0.381 e. The molecule has 0 aliphatic carbocycles. The number of aromatic nitrogens is 3. The van der Waals surface area contributed by atoms with Crippen molar-refractivity contribution in [2.24, 2.45) is 5.92 Å². The molecule has 0 unspecified atom stereocenters. The molecule has 2 rings (SSSR count). The Morgan fingerprint density at radius 1 is 1.33 bits per heavy atom. The van der Waals surface area contributed by atoms with E-state index in [1.165, 1.54) is 0 Å². The van der Waals surface area contributed by atoms with Gasteiger partial charge in [-0.3, -0.25) is 0 Å². The summed E-state index contributed by atoms with van der Waals surface area (Å²) in [5.74, 6) is 2.24. The summed E-state index contributed by atoms with van der Waals surface area (Å²) in [4.78, 5) is 8.90. The molecule has 6 heteroatoms. The monoisotopic (exact) mass is 291 g/mol. The molecule has 0 bridgehead atoms. The van der Waals surface area contributed by atoms with Crippen LogP contribution in [0, 0.1) is 5.92 Å². The average Bonchev–Trinajstić information content (AvgIpc) is 2.91. The van der Waals surface area contributed by atoms with Gasteiger partial charge in [0, 0.05) is 38.7 Å². The fourth-order valence-electron chi connectivity index (χ4n) is 2.02. The Hall–Kier alpha value is -1.82. The summed E-state index contributed by atoms with van der Waals surface area (Å²) in [5, 5.41) is 6.57. The van der Waals surface area contributed by atoms with Gasteiger partial charge in [-0.05, 0) is 19.3 Å². The normalized spacial score (nSPS) is 11.2. The van der Waals surface area contributed by atoms with E-state index in [-0.39, 0.29) is 0 Å². The van der Waals surface area contributed by atoms with Crippen LogP contribution in [0.5, 0.6) is 0 Å². The summed E-state index contributed by atoms with van der Waals surface area (Å²) < 4.78 is 7.55. The van der Waals surface area contributed by atoms with Crippen LogP contribution in [0.4, 0.5) is 11.6 Å². The van der Waals surface area contributed by atoms with Gasteiger partial charge in [0.1, 0.15) is 5.82 Å². The molecule has 0 aliphatic heterocycles. The highest BCUT2D eigenvalue weighted by molar-refractivity contribution is 5.65. The Morgan fingerprint density at radius 2 is 2.19 bits per heavy atom. The van der Waals surface area contributed by atoms with Crippen LogP contribution in [-0.4, -0.2) is 40.7 Å². The molecule has 0 spiro atoms. The lowest BCUT2D eigenvalue weighted by atomic mass is 10.2. The third-order valence-corrected chi connectivity index (χ3v) is 2.94. The van der Waals surface area contributed by atoms with Crippen LogP contribution in [-0.2, 0) is 4.74 Å². The van der Waals surface area contributed by atoms with E-state index in [1.54, 1.807) is 6.20 Å². The second-order valence-electron chi connectivity index (χ2n) is 5.41. The van der Waals surface area contributed by atoms with Crippen LogP contribution >= 0.6 is 0 Å². The van der Waals surface area contributed by atoms with E-state index in [1.807, 2.05) is 16.8 Å². The van der Waals surface area contributed by atoms with Crippen molar-refractivity contribution in [1.29, 1.82) is 0 Å². The first-order chi connectivity index (χ1) is 10.2. The lowest BCUT2D eigenvalue weighted by Gasteiger charge is -2.11. The number of anilines is 2. The van der Waals surface area contributed by atoms with Crippen LogP contribution in [0.15, 0.2) is 18.6 Å². The van der Waals surface area contributed by atoms with E-state index in [4.69, 9.17) is 4.74 Å². The number of nitrogens with one attached hydrogen (secondary N) is 2. The summed E-state index contributed by atoms with van der Waals surface area (Å²) in [6.07, 6.45) is 6.61. The minimum absolute atomic E-state index is 0.584. The lowest BCUT2D eigenvalue weighted by molar-refractivity contribution is 0.110. The quantitative estimate of drug-likeness (QED) is 0.695. The van der Waals surface area contributed by atoms with Crippen LogP contribution in [0.25, 0.3) is 5.65 Å². The second-order valence-corrected chi connectivity index (χ2v) is 5.41. The second kappa shape index (κ2) is 7.83. The van der Waals surface area contributed by atoms with Crippen molar-refractivity contribution in [2.75, 3.05) is 36.9 Å². The Kier molecular flexibility index (Phi) is 5.80. The number of rotatable bonds is 9. The predicted molar refractivity (Wildman–Crippen MR) is 85.9 cm³/mol. The van der Waals surface area contributed by atoms with Gasteiger partial charge in [0.05, 0.1) is 6.20 Å². The molecule has 0 saturated carbocycles. The number of hydrogen-bond donors (Lipinski definition) is 2. The van der Waals surface area contributed by atoms with Crippen molar-refractivity contribution in [2.45, 2.75) is 27.2 Å². The van der Waals surface area contributed by atoms with Gasteiger partial charge in [-0.15, -0.1) is 0 Å². The van der Waals surface area contributed by atoms with E-state index in [9.17, 15) is 0 Å². The van der Waals surface area contributed by atoms with E-state index >= 15 is 0 Å². The van der Waals surface area contributed by atoms with Crippen molar-refractivity contribution in [3.8, 4) is 0 Å². The Labute approximate surface area is 125 Å². The van der Waals surface area contributed by atoms with Gasteiger partial charge in [-0.1, -0.05) is 13.8 Å². The van der Waals surface area contributed by atoms with Gasteiger partial charge < -0.3 is 19.8 Å². The highest BCUT2D eigenvalue weighted by atomic mass is 16.5. The van der Waals surface area contributed by atoms with Gasteiger partial charge in [-0.25, -0.2) is 9.97 Å². The smallest absolute Gasteiger partial charge is 0.180 e. The van der Waals surface area contributed by atoms with Crippen molar-refractivity contribution in [1.82, 2.24) is 14.4 Å². The Morgan fingerprint density at radius 3 is 2.95 bits per heavy atom. The number of nitrogens with zero attached hydrogens (tertiary/aromatic N) is 3. The maximum atomic E-state index is 5.57. The molecule has 116 valence electrons. The fraction of sp³-hybridized carbons (Fsp3) is 0.600. The molecule has 2 aromatic rings. The Balaban J connectivity index is 1.89. The number of hydrogen-bond acceptors (Lipinski definition) is 5. The molecule has 0 aliphatic rings. The first-order valence-corrected chi connectivity index (χ1v) is 7.60. The molecule has 0 saturated heterocycles. The molecule has 2 N–H and O–H groups in total. The third-order valence-electron chi connectivity index (χ3n) is 2.94. The molecule has 0 fully saturated rings. The van der Waals surface area contributed by atoms with Gasteiger partial charge in [-0.2, -0.15) is 0 Å². The van der Waals surface area contributed by atoms with Gasteiger partial charge >= 0.3 is 0 Å². The largest absolute Gasteiger partial charge is 0.381 e. The third kappa shape index (κ3) is 4.60. The molecule has 0 aromatic carbocycles. The van der Waals surface area contributed by atoms with Crippen LogP contribution in [0.1, 0.15) is 27.2 Å². The van der Waals surface area contributed by atoms with E-state index < -0.39 is 0 Å². The summed E-state index contributed by atoms with van der Waals surface area (Å²) >= 11 is 0. The van der Waals surface area contributed by atoms with E-state index in [0.717, 1.165) is 50.0 Å². The predicted octanol–water partition coefficient (Wildman–Crippen LogP) is 2.64. The summed E-state index contributed by atoms with van der Waals surface area (Å²) in [6, 6.07) is 0. The summed E-state index contributed by atoms with van der Waals surface area (Å²) in [7, 11) is 0. The van der Waals surface area contributed by atoms with Gasteiger partial charge in [0.2, 0.25) is 0 Å². The number of fused-ring (bicyclic) bond motifs is 1. The molecule has 2 aromatic heterocycles. The average molecular weight is 291 g/mol. The maximum Gasteiger partial charge on any atom is 0.180 e. The molecule has 6 nitrogen and oxygen atoms in total. The first kappa shape index (κ1) is 15.6. The molecule has 0 radical (unpaired) electrons. The highest BCUT2D eigenvalue weighted by Gasteiger charge is 2.06. The topological polar surface area (TPSA) is 63.5 Å². The number of ether oxygens (including phenoxy) is 1. The molecule has 0 amide bonds. The van der Waals surface area contributed by atoms with Crippen LogP contribution < -0.4 is 10.6 Å². The highest BCUT2D eigenvalue weighted by Crippen LogP contribution is 2.16. The van der Waals surface area contributed by atoms with Crippen molar-refractivity contribution in [3.63, 3.8) is 0 Å². The zero-order valence-electron chi connectivity index (χ0n) is 13.1. The standard InChI is InChI=1S/C15H25N5O/c1-4-16-13-10-20-8-7-18-15(20)14(19-13)17-6-5-9-21-11-12(2)3/h7-8,10,12,16H,4-6,9,11H2,1-3H3,(H,17,19). The van der Waals surface area contributed by atoms with Crippen LogP contribution in [0.2, 0.25) is 0 Å². The molecule has 21 heavy (non-hydrogen) atoms. The zero-order chi connectivity index (χ0) is 15.1. The summed E-state index contributed by atoms with van der Waals surface area (Å²) in [6.45, 7) is 9.62. The lowest BCUT2D eigenvalue weighted by Crippen LogP contribution is -2.11. The van der Waals surface area contributed by atoms with Crippen molar-refractivity contribution < 1.29 is 4.74 Å². The fourth-order valence-corrected chi connectivity index (χ4v) is 2.02. The Bertz CT molecular complexity index is 552. The zero-order valence-corrected chi connectivity index (χ0v) is 13.1. The molecular formula is C15H25N5O. The molecular weight excluding hydrogens is 266 g/mol. The van der Waals surface area contributed by atoms with Gasteiger partial charge in [0.25, 0.3) is 0 Å². The van der Waals surface area contributed by atoms with Crippen LogP contribution in [0.3, 0.4) is 0 Å². The SMILES string of the molecule is CCNc1cn2ccnc2c(NCCCOCC(C)C)n1. The van der Waals surface area contributed by atoms with Crippen molar-refractivity contribution in [3.05, 3.63) is 18.6 Å². The minimum atomic E-state index is 0.584. The molecule has 2 heterocycles. The van der Waals surface area contributed by atoms with E-state index in [0.29, 0.717) is 5.92 Å².